The van der Waals surface area contributed by atoms with Crippen molar-refractivity contribution < 1.29 is 0 Å². The molecule has 0 atom stereocenters. The Kier molecular flexibility index (Phi) is 7.19. The van der Waals surface area contributed by atoms with Crippen molar-refractivity contribution in [1.29, 1.82) is 0 Å². The minimum absolute atomic E-state index is 0.0486. The van der Waals surface area contributed by atoms with Crippen LogP contribution in [0.5, 0.6) is 0 Å². The van der Waals surface area contributed by atoms with Crippen LogP contribution >= 0.6 is 0 Å². The first-order chi connectivity index (χ1) is 26.0. The monoisotopic (exact) mass is 678 g/mol. The largest absolute Gasteiger partial charge is 0.311 e. The second kappa shape index (κ2) is 12.3. The minimum atomic E-state index is -0.0486. The van der Waals surface area contributed by atoms with Crippen molar-refractivity contribution in [3.8, 4) is 39.1 Å². The fourth-order valence-corrected chi connectivity index (χ4v) is 8.51. The maximum absolute atomic E-state index is 2.46. The molecule has 0 radical (unpaired) electrons. The van der Waals surface area contributed by atoms with Gasteiger partial charge in [0.15, 0.2) is 0 Å². The number of benzene rings is 8. The van der Waals surface area contributed by atoms with Crippen molar-refractivity contribution in [3.05, 3.63) is 205 Å². The van der Waals surface area contributed by atoms with E-state index in [1.807, 2.05) is 0 Å². The summed E-state index contributed by atoms with van der Waals surface area (Å²) in [4.78, 5) is 2.35. The molecule has 53 heavy (non-hydrogen) atoms. The van der Waals surface area contributed by atoms with Gasteiger partial charge in [-0.3, -0.25) is 0 Å². The summed E-state index contributed by atoms with van der Waals surface area (Å²) in [6.07, 6.45) is 0. The van der Waals surface area contributed by atoms with Crippen molar-refractivity contribution >= 4 is 38.9 Å². The van der Waals surface area contributed by atoms with E-state index in [1.54, 1.807) is 0 Å². The zero-order valence-electron chi connectivity index (χ0n) is 29.9. The Bertz CT molecular complexity index is 2670. The summed E-state index contributed by atoms with van der Waals surface area (Å²) >= 11 is 0. The second-order valence-electron chi connectivity index (χ2n) is 14.6. The zero-order chi connectivity index (χ0) is 35.5. The van der Waals surface area contributed by atoms with Crippen LogP contribution in [0.15, 0.2) is 194 Å². The topological polar surface area (TPSA) is 8.17 Å². The maximum Gasteiger partial charge on any atom is 0.0547 e. The third-order valence-electron chi connectivity index (χ3n) is 11.2. The van der Waals surface area contributed by atoms with Crippen LogP contribution < -0.4 is 4.90 Å². The second-order valence-corrected chi connectivity index (χ2v) is 14.6. The van der Waals surface area contributed by atoms with Gasteiger partial charge in [-0.2, -0.15) is 0 Å². The number of nitrogens with zero attached hydrogens (tertiary/aromatic N) is 2. The molecule has 0 saturated carbocycles. The van der Waals surface area contributed by atoms with Gasteiger partial charge in [-0.1, -0.05) is 141 Å². The Balaban J connectivity index is 1.09. The lowest BCUT2D eigenvalue weighted by Crippen LogP contribution is -2.14. The predicted molar refractivity (Wildman–Crippen MR) is 224 cm³/mol. The van der Waals surface area contributed by atoms with Crippen molar-refractivity contribution in [2.75, 3.05) is 4.90 Å². The highest BCUT2D eigenvalue weighted by Gasteiger charge is 2.36. The smallest absolute Gasteiger partial charge is 0.0547 e. The molecule has 10 rings (SSSR count). The fourth-order valence-electron chi connectivity index (χ4n) is 8.51. The van der Waals surface area contributed by atoms with Crippen molar-refractivity contribution in [1.82, 2.24) is 4.57 Å². The molecule has 2 heteroatoms. The van der Waals surface area contributed by atoms with Crippen LogP contribution in [-0.2, 0) is 5.41 Å². The first-order valence-corrected chi connectivity index (χ1v) is 18.4. The highest BCUT2D eigenvalue weighted by atomic mass is 15.1. The Hall–Kier alpha value is -6.64. The van der Waals surface area contributed by atoms with Crippen LogP contribution in [0.4, 0.5) is 17.1 Å². The Morgan fingerprint density at radius 1 is 0.377 bits per heavy atom. The van der Waals surface area contributed by atoms with Gasteiger partial charge in [0.25, 0.3) is 0 Å². The quantitative estimate of drug-likeness (QED) is 0.170. The number of anilines is 3. The normalized spacial score (nSPS) is 12.9. The highest BCUT2D eigenvalue weighted by molar-refractivity contribution is 6.11. The molecule has 0 fully saturated rings. The van der Waals surface area contributed by atoms with E-state index >= 15 is 0 Å². The molecule has 8 aromatic carbocycles. The Morgan fingerprint density at radius 3 is 1.47 bits per heavy atom. The predicted octanol–water partition coefficient (Wildman–Crippen LogP) is 13.9. The number of rotatable bonds is 6. The van der Waals surface area contributed by atoms with Gasteiger partial charge in [-0.25, -0.2) is 0 Å². The summed E-state index contributed by atoms with van der Waals surface area (Å²) in [5, 5.41) is 2.57. The van der Waals surface area contributed by atoms with Gasteiger partial charge in [-0.05, 0) is 111 Å². The Labute approximate surface area is 310 Å². The lowest BCUT2D eigenvalue weighted by Gasteiger charge is -2.26. The van der Waals surface area contributed by atoms with E-state index in [-0.39, 0.29) is 5.41 Å². The summed E-state index contributed by atoms with van der Waals surface area (Å²) in [5.41, 5.74) is 17.2. The summed E-state index contributed by atoms with van der Waals surface area (Å²) in [5.74, 6) is 0. The molecule has 0 amide bonds. The van der Waals surface area contributed by atoms with E-state index in [2.05, 4.69) is 217 Å². The molecule has 0 spiro atoms. The van der Waals surface area contributed by atoms with E-state index in [0.717, 1.165) is 22.7 Å². The van der Waals surface area contributed by atoms with Crippen molar-refractivity contribution in [2.45, 2.75) is 19.3 Å². The SMILES string of the molecule is CC1(C)c2ccccc2-c2cc3c(cc21)c1ccccc1n3-c1ccc(N(c2ccc(-c3ccccc3)cc2)c2ccc(-c3ccccc3)cc2)cc1. The lowest BCUT2D eigenvalue weighted by molar-refractivity contribution is 0.661. The molecular weight excluding hydrogens is 641 g/mol. The van der Waals surface area contributed by atoms with Gasteiger partial charge in [0, 0.05) is 38.9 Å². The first-order valence-electron chi connectivity index (χ1n) is 18.4. The number of para-hydroxylation sites is 1. The van der Waals surface area contributed by atoms with Gasteiger partial charge >= 0.3 is 0 Å². The van der Waals surface area contributed by atoms with Gasteiger partial charge < -0.3 is 9.47 Å². The first kappa shape index (κ1) is 31.1. The van der Waals surface area contributed by atoms with Crippen LogP contribution in [0.3, 0.4) is 0 Å². The summed E-state index contributed by atoms with van der Waals surface area (Å²) in [7, 11) is 0. The fraction of sp³-hybridized carbons (Fsp3) is 0.0588. The Morgan fingerprint density at radius 2 is 0.868 bits per heavy atom. The molecule has 252 valence electrons. The molecule has 0 bridgehead atoms. The molecule has 2 nitrogen and oxygen atoms in total. The van der Waals surface area contributed by atoms with E-state index in [1.165, 1.54) is 66.3 Å². The average Bonchev–Trinajstić information content (AvgIpc) is 3.66. The van der Waals surface area contributed by atoms with Gasteiger partial charge in [0.1, 0.15) is 0 Å². The van der Waals surface area contributed by atoms with Crippen LogP contribution in [0.1, 0.15) is 25.0 Å². The van der Waals surface area contributed by atoms with Gasteiger partial charge in [0.05, 0.1) is 11.0 Å². The lowest BCUT2D eigenvalue weighted by atomic mass is 9.82. The molecule has 0 unspecified atom stereocenters. The molecule has 9 aromatic rings. The van der Waals surface area contributed by atoms with Crippen LogP contribution in [0.25, 0.3) is 60.9 Å². The van der Waals surface area contributed by atoms with Crippen molar-refractivity contribution in [3.63, 3.8) is 0 Å². The van der Waals surface area contributed by atoms with Gasteiger partial charge in [-0.15, -0.1) is 0 Å². The average molecular weight is 679 g/mol. The maximum atomic E-state index is 2.46. The number of hydrogen-bond donors (Lipinski definition) is 0. The number of hydrogen-bond acceptors (Lipinski definition) is 1. The van der Waals surface area contributed by atoms with Gasteiger partial charge in [0.2, 0.25) is 0 Å². The van der Waals surface area contributed by atoms with Crippen LogP contribution in [-0.4, -0.2) is 4.57 Å². The number of aromatic nitrogens is 1. The summed E-state index contributed by atoms with van der Waals surface area (Å²) in [6, 6.07) is 70.7. The molecule has 1 aromatic heterocycles. The molecular formula is C51H38N2. The molecule has 1 heterocycles. The van der Waals surface area contributed by atoms with E-state index in [9.17, 15) is 0 Å². The van der Waals surface area contributed by atoms with E-state index in [4.69, 9.17) is 0 Å². The molecule has 0 saturated heterocycles. The minimum Gasteiger partial charge on any atom is -0.311 e. The third kappa shape index (κ3) is 5.10. The third-order valence-corrected chi connectivity index (χ3v) is 11.2. The van der Waals surface area contributed by atoms with E-state index in [0.29, 0.717) is 0 Å². The molecule has 0 N–H and O–H groups in total. The summed E-state index contributed by atoms with van der Waals surface area (Å²) < 4.78 is 2.44. The molecule has 0 aliphatic heterocycles. The van der Waals surface area contributed by atoms with Crippen LogP contribution in [0, 0.1) is 0 Å². The van der Waals surface area contributed by atoms with Crippen LogP contribution in [0.2, 0.25) is 0 Å². The molecule has 1 aliphatic carbocycles. The van der Waals surface area contributed by atoms with E-state index < -0.39 is 0 Å². The van der Waals surface area contributed by atoms with Crippen molar-refractivity contribution in [2.24, 2.45) is 0 Å². The highest BCUT2D eigenvalue weighted by Crippen LogP contribution is 2.51. The number of fused-ring (bicyclic) bond motifs is 6. The zero-order valence-corrected chi connectivity index (χ0v) is 29.9. The standard InChI is InChI=1S/C51H38N2/c1-51(2)47-19-11-9-17-43(47)45-34-50-46(33-48(45)51)44-18-10-12-20-49(44)53(50)42-31-29-41(30-32-42)52(39-25-21-37(22-26-39)35-13-5-3-6-14-35)40-27-23-38(24-28-40)36-15-7-4-8-16-36/h3-34H,1-2H3. The summed E-state index contributed by atoms with van der Waals surface area (Å²) in [6.45, 7) is 4.72. The molecule has 1 aliphatic rings.